The lowest BCUT2D eigenvalue weighted by Crippen LogP contribution is -2.22. The van der Waals surface area contributed by atoms with Crippen molar-refractivity contribution >= 4 is 35.0 Å². The predicted molar refractivity (Wildman–Crippen MR) is 84.4 cm³/mol. The van der Waals surface area contributed by atoms with Crippen LogP contribution in [0.4, 0.5) is 5.69 Å². The fourth-order valence-corrected chi connectivity index (χ4v) is 2.64. The van der Waals surface area contributed by atoms with Crippen LogP contribution in [0.3, 0.4) is 0 Å². The lowest BCUT2D eigenvalue weighted by atomic mass is 10.2. The first-order valence-electron chi connectivity index (χ1n) is 6.21. The molecule has 0 atom stereocenters. The lowest BCUT2D eigenvalue weighted by molar-refractivity contribution is 0.0956. The quantitative estimate of drug-likeness (QED) is 0.844. The Labute approximate surface area is 127 Å². The molecule has 0 aromatic heterocycles. The van der Waals surface area contributed by atoms with E-state index in [9.17, 15) is 4.79 Å². The van der Waals surface area contributed by atoms with Crippen LogP contribution in [0.25, 0.3) is 0 Å². The Morgan fingerprint density at radius 3 is 2.55 bits per heavy atom. The first kappa shape index (κ1) is 14.8. The molecule has 0 aliphatic heterocycles. The van der Waals surface area contributed by atoms with Crippen LogP contribution in [0.2, 0.25) is 5.02 Å². The summed E-state index contributed by atoms with van der Waals surface area (Å²) in [6.45, 7) is 2.48. The predicted octanol–water partition coefficient (Wildman–Crippen LogP) is 3.82. The smallest absolute Gasteiger partial charge is 0.251 e. The van der Waals surface area contributed by atoms with Crippen molar-refractivity contribution in [1.82, 2.24) is 5.32 Å². The molecular formula is C15H15ClN2OS. The highest BCUT2D eigenvalue weighted by Gasteiger charge is 2.08. The van der Waals surface area contributed by atoms with Gasteiger partial charge in [-0.1, -0.05) is 23.4 Å². The summed E-state index contributed by atoms with van der Waals surface area (Å²) in [6.07, 6.45) is 0. The number of nitrogens with one attached hydrogen (secondary N) is 1. The second-order valence-electron chi connectivity index (χ2n) is 4.17. The molecule has 3 nitrogen and oxygen atoms in total. The molecule has 0 radical (unpaired) electrons. The maximum atomic E-state index is 11.7. The number of nitrogen functional groups attached to an aromatic ring is 1. The maximum absolute atomic E-state index is 11.7. The standard InChI is InChI=1S/C15H15ClN2OS/c1-2-18-15(19)10-3-8-14(13(17)9-10)20-12-6-4-11(16)5-7-12/h3-9H,2,17H2,1H3,(H,18,19). The zero-order valence-electron chi connectivity index (χ0n) is 11.0. The molecule has 3 N–H and O–H groups in total. The number of carbonyl (C=O) groups excluding carboxylic acids is 1. The summed E-state index contributed by atoms with van der Waals surface area (Å²) in [6, 6.07) is 12.9. The van der Waals surface area contributed by atoms with E-state index in [2.05, 4.69) is 5.32 Å². The van der Waals surface area contributed by atoms with E-state index in [4.69, 9.17) is 17.3 Å². The van der Waals surface area contributed by atoms with Crippen LogP contribution in [-0.2, 0) is 0 Å². The second-order valence-corrected chi connectivity index (χ2v) is 5.72. The molecule has 5 heteroatoms. The first-order chi connectivity index (χ1) is 9.60. The molecule has 0 saturated carbocycles. The van der Waals surface area contributed by atoms with Crippen LogP contribution >= 0.6 is 23.4 Å². The molecule has 0 fully saturated rings. The maximum Gasteiger partial charge on any atom is 0.251 e. The molecule has 104 valence electrons. The largest absolute Gasteiger partial charge is 0.398 e. The average molecular weight is 307 g/mol. The normalized spacial score (nSPS) is 10.3. The summed E-state index contributed by atoms with van der Waals surface area (Å²) in [5.74, 6) is -0.109. The van der Waals surface area contributed by atoms with Crippen LogP contribution < -0.4 is 11.1 Å². The van der Waals surface area contributed by atoms with Crippen molar-refractivity contribution in [3.63, 3.8) is 0 Å². The molecule has 2 aromatic rings. The van der Waals surface area contributed by atoms with Gasteiger partial charge in [0.1, 0.15) is 0 Å². The minimum absolute atomic E-state index is 0.109. The zero-order valence-corrected chi connectivity index (χ0v) is 12.6. The minimum atomic E-state index is -0.109. The summed E-state index contributed by atoms with van der Waals surface area (Å²) in [4.78, 5) is 13.7. The third-order valence-corrected chi connectivity index (χ3v) is 4.00. The van der Waals surface area contributed by atoms with Gasteiger partial charge in [0, 0.05) is 32.6 Å². The molecule has 1 amide bonds. The van der Waals surface area contributed by atoms with E-state index >= 15 is 0 Å². The van der Waals surface area contributed by atoms with Gasteiger partial charge in [0.05, 0.1) is 0 Å². The van der Waals surface area contributed by atoms with Gasteiger partial charge < -0.3 is 11.1 Å². The van der Waals surface area contributed by atoms with E-state index < -0.39 is 0 Å². The van der Waals surface area contributed by atoms with Gasteiger partial charge >= 0.3 is 0 Å². The summed E-state index contributed by atoms with van der Waals surface area (Å²) in [5.41, 5.74) is 7.17. The van der Waals surface area contributed by atoms with Gasteiger partial charge in [0.15, 0.2) is 0 Å². The van der Waals surface area contributed by atoms with Crippen molar-refractivity contribution in [2.45, 2.75) is 16.7 Å². The number of hydrogen-bond acceptors (Lipinski definition) is 3. The van der Waals surface area contributed by atoms with Gasteiger partial charge in [-0.05, 0) is 49.4 Å². The van der Waals surface area contributed by atoms with Crippen LogP contribution in [0.1, 0.15) is 17.3 Å². The summed E-state index contributed by atoms with van der Waals surface area (Å²) < 4.78 is 0. The molecule has 0 bridgehead atoms. The molecule has 2 rings (SSSR count). The number of hydrogen-bond donors (Lipinski definition) is 2. The number of carbonyl (C=O) groups is 1. The van der Waals surface area contributed by atoms with Gasteiger partial charge in [0.25, 0.3) is 5.91 Å². The number of nitrogens with two attached hydrogens (primary N) is 1. The van der Waals surface area contributed by atoms with Crippen LogP contribution in [0.15, 0.2) is 52.3 Å². The monoisotopic (exact) mass is 306 g/mol. The second kappa shape index (κ2) is 6.68. The number of rotatable bonds is 4. The Bertz CT molecular complexity index is 614. The van der Waals surface area contributed by atoms with E-state index in [0.29, 0.717) is 22.8 Å². The number of halogens is 1. The van der Waals surface area contributed by atoms with E-state index in [1.807, 2.05) is 37.3 Å². The summed E-state index contributed by atoms with van der Waals surface area (Å²) in [7, 11) is 0. The number of anilines is 1. The molecule has 2 aromatic carbocycles. The van der Waals surface area contributed by atoms with E-state index in [0.717, 1.165) is 9.79 Å². The van der Waals surface area contributed by atoms with Gasteiger partial charge in [-0.25, -0.2) is 0 Å². The molecular weight excluding hydrogens is 292 g/mol. The van der Waals surface area contributed by atoms with Crippen LogP contribution in [-0.4, -0.2) is 12.5 Å². The lowest BCUT2D eigenvalue weighted by Gasteiger charge is -2.08. The highest BCUT2D eigenvalue weighted by Crippen LogP contribution is 2.33. The van der Waals surface area contributed by atoms with Crippen molar-refractivity contribution in [1.29, 1.82) is 0 Å². The Morgan fingerprint density at radius 2 is 1.95 bits per heavy atom. The molecule has 0 aliphatic rings. The fraction of sp³-hybridized carbons (Fsp3) is 0.133. The molecule has 0 unspecified atom stereocenters. The summed E-state index contributed by atoms with van der Waals surface area (Å²) >= 11 is 7.39. The van der Waals surface area contributed by atoms with Gasteiger partial charge in [0.2, 0.25) is 0 Å². The Hall–Kier alpha value is -1.65. The summed E-state index contributed by atoms with van der Waals surface area (Å²) in [5, 5.41) is 3.45. The van der Waals surface area contributed by atoms with Crippen molar-refractivity contribution in [3.05, 3.63) is 53.1 Å². The van der Waals surface area contributed by atoms with Crippen molar-refractivity contribution in [2.75, 3.05) is 12.3 Å². The Balaban J connectivity index is 2.17. The van der Waals surface area contributed by atoms with Gasteiger partial charge in [-0.3, -0.25) is 4.79 Å². The SMILES string of the molecule is CCNC(=O)c1ccc(Sc2ccc(Cl)cc2)c(N)c1. The average Bonchev–Trinajstić information content (AvgIpc) is 2.43. The first-order valence-corrected chi connectivity index (χ1v) is 7.40. The van der Waals surface area contributed by atoms with E-state index in [1.54, 1.807) is 23.9 Å². The molecule has 0 saturated heterocycles. The van der Waals surface area contributed by atoms with Gasteiger partial charge in [-0.15, -0.1) is 0 Å². The Kier molecular flexibility index (Phi) is 4.93. The zero-order chi connectivity index (χ0) is 14.5. The molecule has 0 aliphatic carbocycles. The van der Waals surface area contributed by atoms with Crippen LogP contribution in [0.5, 0.6) is 0 Å². The Morgan fingerprint density at radius 1 is 1.25 bits per heavy atom. The van der Waals surface area contributed by atoms with Crippen molar-refractivity contribution < 1.29 is 4.79 Å². The highest BCUT2D eigenvalue weighted by molar-refractivity contribution is 7.99. The van der Waals surface area contributed by atoms with E-state index in [-0.39, 0.29) is 5.91 Å². The topological polar surface area (TPSA) is 55.1 Å². The molecule has 20 heavy (non-hydrogen) atoms. The number of amides is 1. The minimum Gasteiger partial charge on any atom is -0.398 e. The fourth-order valence-electron chi connectivity index (χ4n) is 1.67. The van der Waals surface area contributed by atoms with Crippen molar-refractivity contribution in [3.8, 4) is 0 Å². The number of benzene rings is 2. The van der Waals surface area contributed by atoms with Crippen LogP contribution in [0, 0.1) is 0 Å². The highest BCUT2D eigenvalue weighted by atomic mass is 35.5. The van der Waals surface area contributed by atoms with Crippen molar-refractivity contribution in [2.24, 2.45) is 0 Å². The molecule has 0 spiro atoms. The third-order valence-electron chi connectivity index (χ3n) is 2.65. The third kappa shape index (κ3) is 3.68. The molecule has 0 heterocycles. The van der Waals surface area contributed by atoms with E-state index in [1.165, 1.54) is 0 Å². The van der Waals surface area contributed by atoms with Gasteiger partial charge in [-0.2, -0.15) is 0 Å².